The predicted molar refractivity (Wildman–Crippen MR) is 107 cm³/mol. The van der Waals surface area contributed by atoms with Gasteiger partial charge in [-0.1, -0.05) is 36.4 Å². The summed E-state index contributed by atoms with van der Waals surface area (Å²) in [6.45, 7) is 2.17. The van der Waals surface area contributed by atoms with Crippen LogP contribution in [0.1, 0.15) is 36.3 Å². The number of likely N-dealkylation sites (tertiary alicyclic amines) is 2. The number of hydrogen-bond acceptors (Lipinski definition) is 4. The lowest BCUT2D eigenvalue weighted by atomic mass is 9.98. The van der Waals surface area contributed by atoms with Crippen LogP contribution in [0.5, 0.6) is 11.5 Å². The van der Waals surface area contributed by atoms with Crippen LogP contribution in [0.15, 0.2) is 48.5 Å². The lowest BCUT2D eigenvalue weighted by molar-refractivity contribution is -0.141. The van der Waals surface area contributed by atoms with Crippen LogP contribution >= 0.6 is 0 Å². The molecule has 2 atom stereocenters. The van der Waals surface area contributed by atoms with Gasteiger partial charge in [0.05, 0.1) is 0 Å². The van der Waals surface area contributed by atoms with Crippen molar-refractivity contribution in [3.8, 4) is 11.5 Å². The van der Waals surface area contributed by atoms with E-state index in [0.29, 0.717) is 25.9 Å². The highest BCUT2D eigenvalue weighted by atomic mass is 16.7. The minimum atomic E-state index is -0.349. The topological polar surface area (TPSA) is 59.1 Å². The molecule has 2 unspecified atom stereocenters. The molecule has 6 nitrogen and oxygen atoms in total. The molecule has 0 bridgehead atoms. The fourth-order valence-electron chi connectivity index (χ4n) is 4.58. The quantitative estimate of drug-likeness (QED) is 0.803. The Hall–Kier alpha value is -3.02. The average molecular weight is 392 g/mol. The molecular formula is C23H24N2O4. The van der Waals surface area contributed by atoms with Crippen molar-refractivity contribution in [2.45, 2.75) is 37.8 Å². The first kappa shape index (κ1) is 18.0. The van der Waals surface area contributed by atoms with Gasteiger partial charge in [0.15, 0.2) is 11.5 Å². The molecule has 0 aliphatic carbocycles. The van der Waals surface area contributed by atoms with Crippen molar-refractivity contribution in [1.82, 2.24) is 9.80 Å². The molecule has 2 amide bonds. The molecule has 0 radical (unpaired) electrons. The molecular weight excluding hydrogens is 368 g/mol. The number of nitrogens with zero attached hydrogens (tertiary/aromatic N) is 2. The normalized spacial score (nSPS) is 23.1. The van der Waals surface area contributed by atoms with Gasteiger partial charge in [-0.2, -0.15) is 0 Å². The third-order valence-corrected chi connectivity index (χ3v) is 6.18. The molecule has 6 heteroatoms. The van der Waals surface area contributed by atoms with E-state index in [1.54, 1.807) is 4.90 Å². The number of carbonyl (C=O) groups is 2. The number of carbonyl (C=O) groups excluding carboxylic acids is 2. The van der Waals surface area contributed by atoms with Gasteiger partial charge in [-0.25, -0.2) is 0 Å². The smallest absolute Gasteiger partial charge is 0.245 e. The van der Waals surface area contributed by atoms with Crippen LogP contribution in [0, 0.1) is 0 Å². The van der Waals surface area contributed by atoms with E-state index in [9.17, 15) is 9.59 Å². The van der Waals surface area contributed by atoms with Gasteiger partial charge in [0.2, 0.25) is 18.6 Å². The number of hydrogen-bond donors (Lipinski definition) is 0. The van der Waals surface area contributed by atoms with Crippen molar-refractivity contribution in [3.05, 3.63) is 59.7 Å². The molecule has 0 saturated carbocycles. The Morgan fingerprint density at radius 2 is 1.86 bits per heavy atom. The van der Waals surface area contributed by atoms with Crippen molar-refractivity contribution in [2.75, 3.05) is 19.9 Å². The fourth-order valence-corrected chi connectivity index (χ4v) is 4.58. The van der Waals surface area contributed by atoms with Gasteiger partial charge in [0.25, 0.3) is 0 Å². The third-order valence-electron chi connectivity index (χ3n) is 6.18. The van der Waals surface area contributed by atoms with Gasteiger partial charge in [-0.3, -0.25) is 9.59 Å². The molecule has 2 aromatic rings. The Kier molecular flexibility index (Phi) is 4.62. The van der Waals surface area contributed by atoms with E-state index in [2.05, 4.69) is 6.07 Å². The zero-order valence-corrected chi connectivity index (χ0v) is 16.3. The number of fused-ring (bicyclic) bond motifs is 1. The van der Waals surface area contributed by atoms with E-state index in [1.807, 2.05) is 47.4 Å². The summed E-state index contributed by atoms with van der Waals surface area (Å²) in [5.41, 5.74) is 2.23. The highest BCUT2D eigenvalue weighted by Crippen LogP contribution is 2.37. The highest BCUT2D eigenvalue weighted by Gasteiger charge is 2.40. The standard InChI is InChI=1S/C23H24N2O4/c26-22-9-7-19(25(22)13-16-4-2-1-3-5-16)23(27)24-11-10-18(14-24)17-6-8-20-21(12-17)29-15-28-20/h1-6,8,12,18-19H,7,9-11,13-15H2. The van der Waals surface area contributed by atoms with Crippen LogP contribution in [0.4, 0.5) is 0 Å². The number of ether oxygens (including phenoxy) is 2. The summed E-state index contributed by atoms with van der Waals surface area (Å²) in [4.78, 5) is 29.4. The van der Waals surface area contributed by atoms with Gasteiger partial charge in [-0.05, 0) is 36.1 Å². The Balaban J connectivity index is 1.27. The molecule has 29 heavy (non-hydrogen) atoms. The van der Waals surface area contributed by atoms with Gasteiger partial charge in [0, 0.05) is 32.0 Å². The third kappa shape index (κ3) is 3.43. The molecule has 2 fully saturated rings. The van der Waals surface area contributed by atoms with Gasteiger partial charge >= 0.3 is 0 Å². The summed E-state index contributed by atoms with van der Waals surface area (Å²) in [6, 6.07) is 15.6. The summed E-state index contributed by atoms with van der Waals surface area (Å²) < 4.78 is 10.9. The zero-order valence-electron chi connectivity index (χ0n) is 16.3. The lowest BCUT2D eigenvalue weighted by Crippen LogP contribution is -2.45. The first-order valence-electron chi connectivity index (χ1n) is 10.2. The van der Waals surface area contributed by atoms with Crippen molar-refractivity contribution in [2.24, 2.45) is 0 Å². The van der Waals surface area contributed by atoms with Gasteiger partial charge in [0.1, 0.15) is 6.04 Å². The Morgan fingerprint density at radius 1 is 1.03 bits per heavy atom. The summed E-state index contributed by atoms with van der Waals surface area (Å²) in [5, 5.41) is 0. The molecule has 150 valence electrons. The first-order valence-corrected chi connectivity index (χ1v) is 10.2. The SMILES string of the molecule is O=C(C1CCC(=O)N1Cc1ccccc1)N1CCC(c2ccc3c(c2)OCO3)C1. The minimum Gasteiger partial charge on any atom is -0.454 e. The molecule has 3 aliphatic rings. The van der Waals surface area contributed by atoms with E-state index in [-0.39, 0.29) is 30.6 Å². The van der Waals surface area contributed by atoms with Crippen LogP contribution in [0.3, 0.4) is 0 Å². The maximum absolute atomic E-state index is 13.2. The van der Waals surface area contributed by atoms with Gasteiger partial charge < -0.3 is 19.3 Å². The average Bonchev–Trinajstić information content (AvgIpc) is 3.48. The van der Waals surface area contributed by atoms with Crippen molar-refractivity contribution in [1.29, 1.82) is 0 Å². The zero-order chi connectivity index (χ0) is 19.8. The Bertz CT molecular complexity index is 930. The molecule has 0 aromatic heterocycles. The number of benzene rings is 2. The molecule has 3 aliphatic heterocycles. The molecule has 2 aromatic carbocycles. The van der Waals surface area contributed by atoms with Crippen LogP contribution < -0.4 is 9.47 Å². The van der Waals surface area contributed by atoms with Crippen LogP contribution in [-0.4, -0.2) is 47.5 Å². The van der Waals surface area contributed by atoms with Crippen LogP contribution in [0.25, 0.3) is 0 Å². The molecule has 2 saturated heterocycles. The summed E-state index contributed by atoms with van der Waals surface area (Å²) in [5.74, 6) is 1.99. The number of rotatable bonds is 4. The lowest BCUT2D eigenvalue weighted by Gasteiger charge is -2.28. The molecule has 5 rings (SSSR count). The monoisotopic (exact) mass is 392 g/mol. The van der Waals surface area contributed by atoms with Crippen molar-refractivity contribution in [3.63, 3.8) is 0 Å². The maximum atomic E-state index is 13.2. The number of amides is 2. The van der Waals surface area contributed by atoms with Crippen LogP contribution in [-0.2, 0) is 16.1 Å². The minimum absolute atomic E-state index is 0.0683. The van der Waals surface area contributed by atoms with E-state index < -0.39 is 0 Å². The second-order valence-corrected chi connectivity index (χ2v) is 7.94. The van der Waals surface area contributed by atoms with E-state index in [4.69, 9.17) is 9.47 Å². The molecule has 0 N–H and O–H groups in total. The molecule has 3 heterocycles. The predicted octanol–water partition coefficient (Wildman–Crippen LogP) is 2.92. The van der Waals surface area contributed by atoms with Gasteiger partial charge in [-0.15, -0.1) is 0 Å². The van der Waals surface area contributed by atoms with Crippen molar-refractivity contribution < 1.29 is 19.1 Å². The first-order chi connectivity index (χ1) is 14.2. The molecule has 0 spiro atoms. The summed E-state index contributed by atoms with van der Waals surface area (Å²) in [6.07, 6.45) is 1.98. The Labute approximate surface area is 170 Å². The van der Waals surface area contributed by atoms with Crippen molar-refractivity contribution >= 4 is 11.8 Å². The highest BCUT2D eigenvalue weighted by molar-refractivity contribution is 5.91. The maximum Gasteiger partial charge on any atom is 0.245 e. The summed E-state index contributed by atoms with van der Waals surface area (Å²) in [7, 11) is 0. The second kappa shape index (κ2) is 7.43. The van der Waals surface area contributed by atoms with E-state index in [0.717, 1.165) is 30.0 Å². The van der Waals surface area contributed by atoms with E-state index in [1.165, 1.54) is 5.56 Å². The fraction of sp³-hybridized carbons (Fsp3) is 0.391. The largest absolute Gasteiger partial charge is 0.454 e. The van der Waals surface area contributed by atoms with Crippen LogP contribution in [0.2, 0.25) is 0 Å². The van der Waals surface area contributed by atoms with E-state index >= 15 is 0 Å². The Morgan fingerprint density at radius 3 is 2.72 bits per heavy atom. The summed E-state index contributed by atoms with van der Waals surface area (Å²) >= 11 is 0. The second-order valence-electron chi connectivity index (χ2n) is 7.94.